The van der Waals surface area contributed by atoms with Gasteiger partial charge in [-0.3, -0.25) is 0 Å². The van der Waals surface area contributed by atoms with Gasteiger partial charge in [0.2, 0.25) is 0 Å². The van der Waals surface area contributed by atoms with Crippen LogP contribution >= 0.6 is 0 Å². The molecular weight excluding hydrogens is 324 g/mol. The highest BCUT2D eigenvalue weighted by Gasteiger charge is 2.61. The van der Waals surface area contributed by atoms with Gasteiger partial charge in [0.15, 0.2) is 0 Å². The average molecular weight is 355 g/mol. The van der Waals surface area contributed by atoms with Crippen molar-refractivity contribution in [3.8, 4) is 0 Å². The van der Waals surface area contributed by atoms with Gasteiger partial charge in [-0.15, -0.1) is 0 Å². The van der Waals surface area contributed by atoms with Gasteiger partial charge in [0.25, 0.3) is 0 Å². The van der Waals surface area contributed by atoms with E-state index in [0.29, 0.717) is 18.7 Å². The van der Waals surface area contributed by atoms with E-state index in [-0.39, 0.29) is 0 Å². The third-order valence-electron chi connectivity index (χ3n) is 3.82. The maximum absolute atomic E-state index is 6.51. The van der Waals surface area contributed by atoms with Crippen molar-refractivity contribution in [2.45, 2.75) is 38.9 Å². The van der Waals surface area contributed by atoms with Crippen molar-refractivity contribution >= 4 is 25.7 Å². The molecule has 6 nitrogen and oxygen atoms in total. The van der Waals surface area contributed by atoms with Crippen LogP contribution < -0.4 is 0 Å². The largest absolute Gasteiger partial charge is 0.413 e. The van der Waals surface area contributed by atoms with Gasteiger partial charge in [-0.25, -0.2) is 0 Å². The summed E-state index contributed by atoms with van der Waals surface area (Å²) in [7, 11) is -2.19. The number of methoxy groups -OCH3 is 3. The molecule has 0 unspecified atom stereocenters. The molecule has 1 aliphatic heterocycles. The topological polar surface area (TPSA) is 55.4 Å². The fourth-order valence-corrected chi connectivity index (χ4v) is 19.2. The van der Waals surface area contributed by atoms with Gasteiger partial charge < -0.3 is 26.6 Å². The third-order valence-corrected chi connectivity index (χ3v) is 18.2. The van der Waals surface area contributed by atoms with Crippen LogP contribution in [0.25, 0.3) is 0 Å². The zero-order chi connectivity index (χ0) is 16.0. The van der Waals surface area contributed by atoms with Crippen molar-refractivity contribution in [3.63, 3.8) is 0 Å². The summed E-state index contributed by atoms with van der Waals surface area (Å²) in [6.45, 7) is 6.33. The molecule has 0 saturated carbocycles. The second kappa shape index (κ2) is 8.32. The average Bonchev–Trinajstić information content (AvgIpc) is 2.48. The molecule has 0 atom stereocenters. The van der Waals surface area contributed by atoms with Gasteiger partial charge in [-0.1, -0.05) is 20.8 Å². The van der Waals surface area contributed by atoms with Gasteiger partial charge in [-0.05, 0) is 18.1 Å². The first-order valence-corrected chi connectivity index (χ1v) is 14.3. The molecule has 0 spiro atoms. The lowest BCUT2D eigenvalue weighted by Gasteiger charge is -2.52. The summed E-state index contributed by atoms with van der Waals surface area (Å²) < 4.78 is 35.8. The maximum atomic E-state index is 6.51. The summed E-state index contributed by atoms with van der Waals surface area (Å²) in [5, 5.41) is 0. The summed E-state index contributed by atoms with van der Waals surface area (Å²) in [5.74, 6) is 0. The third kappa shape index (κ3) is 4.45. The normalized spacial score (nSPS) is 36.9. The molecule has 0 aromatic heterocycles. The quantitative estimate of drug-likeness (QED) is 0.590. The van der Waals surface area contributed by atoms with Crippen LogP contribution in [-0.4, -0.2) is 65.7 Å². The predicted molar refractivity (Wildman–Crippen MR) is 87.6 cm³/mol. The highest BCUT2D eigenvalue weighted by Crippen LogP contribution is 2.36. The van der Waals surface area contributed by atoms with Crippen molar-refractivity contribution in [3.05, 3.63) is 0 Å². The van der Waals surface area contributed by atoms with Crippen molar-refractivity contribution in [1.29, 1.82) is 0 Å². The smallest absolute Gasteiger partial charge is 0.347 e. The highest BCUT2D eigenvalue weighted by atomic mass is 28.5. The predicted octanol–water partition coefficient (Wildman–Crippen LogP) is 1.99. The molecule has 1 saturated heterocycles. The Bertz CT molecular complexity index is 264. The van der Waals surface area contributed by atoms with Gasteiger partial charge >= 0.3 is 25.7 Å². The monoisotopic (exact) mass is 354 g/mol. The molecule has 9 heteroatoms. The summed E-state index contributed by atoms with van der Waals surface area (Å²) >= 11 is 0. The van der Waals surface area contributed by atoms with E-state index in [2.05, 4.69) is 20.8 Å². The molecule has 1 aliphatic rings. The highest BCUT2D eigenvalue weighted by molar-refractivity contribution is 6.94. The minimum atomic E-state index is -2.43. The second-order valence-electron chi connectivity index (χ2n) is 5.40. The van der Waals surface area contributed by atoms with Crippen molar-refractivity contribution in [2.75, 3.05) is 40.0 Å². The summed E-state index contributed by atoms with van der Waals surface area (Å²) in [4.78, 5) is 0. The second-order valence-corrected chi connectivity index (χ2v) is 16.3. The first-order valence-electron chi connectivity index (χ1n) is 7.56. The number of ether oxygens (including phenoxy) is 3. The fraction of sp³-hybridized carbons (Fsp3) is 1.00. The Kier molecular flexibility index (Phi) is 7.70. The number of hydrogen-bond donors (Lipinski definition) is 0. The first kappa shape index (κ1) is 19.5. The van der Waals surface area contributed by atoms with Crippen LogP contribution in [0, 0.1) is 0 Å². The molecule has 21 heavy (non-hydrogen) atoms. The number of rotatable bonds is 9. The molecule has 1 rings (SSSR count). The Morgan fingerprint density at radius 2 is 0.810 bits per heavy atom. The Labute approximate surface area is 131 Å². The van der Waals surface area contributed by atoms with Crippen LogP contribution in [0.5, 0.6) is 0 Å². The lowest BCUT2D eigenvalue weighted by atomic mass is 11.0. The van der Waals surface area contributed by atoms with E-state index in [4.69, 9.17) is 26.6 Å². The summed E-state index contributed by atoms with van der Waals surface area (Å²) in [6, 6.07) is 2.55. The molecule has 1 heterocycles. The standard InChI is InChI=1S/C12H30O6Si3/c1-7-19(10-13-4)16-20(8-2,11-14-5)18-21(9-3,17-19)12-15-6/h7-12H2,1-6H3. The van der Waals surface area contributed by atoms with Crippen LogP contribution in [0.3, 0.4) is 0 Å². The lowest BCUT2D eigenvalue weighted by molar-refractivity contribution is 0.116. The zero-order valence-corrected chi connectivity index (χ0v) is 17.2. The van der Waals surface area contributed by atoms with Gasteiger partial charge in [0, 0.05) is 21.3 Å². The summed E-state index contributed by atoms with van der Waals surface area (Å²) in [5.41, 5.74) is 0. The van der Waals surface area contributed by atoms with Gasteiger partial charge in [0.05, 0.1) is 18.7 Å². The van der Waals surface area contributed by atoms with E-state index < -0.39 is 25.7 Å². The van der Waals surface area contributed by atoms with E-state index in [0.717, 1.165) is 18.1 Å². The van der Waals surface area contributed by atoms with E-state index in [9.17, 15) is 0 Å². The van der Waals surface area contributed by atoms with Gasteiger partial charge in [0.1, 0.15) is 0 Å². The van der Waals surface area contributed by atoms with Crippen molar-refractivity contribution < 1.29 is 26.6 Å². The van der Waals surface area contributed by atoms with E-state index >= 15 is 0 Å². The molecule has 0 bridgehead atoms. The Hall–Kier alpha value is 0.411. The molecule has 0 aliphatic carbocycles. The molecule has 126 valence electrons. The molecule has 0 radical (unpaired) electrons. The molecule has 1 fully saturated rings. The summed E-state index contributed by atoms with van der Waals surface area (Å²) in [6.07, 6.45) is 1.59. The van der Waals surface area contributed by atoms with Crippen molar-refractivity contribution in [1.82, 2.24) is 0 Å². The van der Waals surface area contributed by atoms with Crippen LogP contribution in [0.1, 0.15) is 20.8 Å². The Morgan fingerprint density at radius 3 is 0.952 bits per heavy atom. The molecule has 0 amide bonds. The SMILES string of the molecule is CC[Si]1(COC)O[Si](CC)(COC)O[Si](CC)(COC)O1. The van der Waals surface area contributed by atoms with Crippen molar-refractivity contribution in [2.24, 2.45) is 0 Å². The molecular formula is C12H30O6Si3. The van der Waals surface area contributed by atoms with Crippen LogP contribution in [0.4, 0.5) is 0 Å². The minimum absolute atomic E-state index is 0.532. The first-order chi connectivity index (χ1) is 9.99. The lowest BCUT2D eigenvalue weighted by Crippen LogP contribution is -2.74. The molecule has 0 aromatic rings. The maximum Gasteiger partial charge on any atom is 0.347 e. The van der Waals surface area contributed by atoms with E-state index in [1.165, 1.54) is 0 Å². The Morgan fingerprint density at radius 1 is 0.571 bits per heavy atom. The molecule has 0 N–H and O–H groups in total. The molecule has 0 aromatic carbocycles. The fourth-order valence-electron chi connectivity index (χ4n) is 2.66. The van der Waals surface area contributed by atoms with Crippen LogP contribution in [0.2, 0.25) is 18.1 Å². The van der Waals surface area contributed by atoms with Gasteiger partial charge in [-0.2, -0.15) is 0 Å². The van der Waals surface area contributed by atoms with Crippen LogP contribution in [-0.2, 0) is 26.6 Å². The number of hydrogen-bond acceptors (Lipinski definition) is 6. The van der Waals surface area contributed by atoms with E-state index in [1.807, 2.05) is 0 Å². The van der Waals surface area contributed by atoms with Crippen LogP contribution in [0.15, 0.2) is 0 Å². The zero-order valence-electron chi connectivity index (χ0n) is 14.2. The Balaban J connectivity index is 3.18. The minimum Gasteiger partial charge on any atom is -0.413 e. The van der Waals surface area contributed by atoms with E-state index in [1.54, 1.807) is 21.3 Å².